The zero-order chi connectivity index (χ0) is 20.5. The average Bonchev–Trinajstić information content (AvgIpc) is 3.11. The number of nitrogens with zero attached hydrogens (tertiary/aromatic N) is 2. The Bertz CT molecular complexity index is 909. The minimum absolute atomic E-state index is 0.0372. The number of guanidine groups is 1. The number of hydrogen-bond acceptors (Lipinski definition) is 5. The number of halogens is 3. The van der Waals surface area contributed by atoms with Gasteiger partial charge in [-0.15, -0.1) is 11.3 Å². The van der Waals surface area contributed by atoms with E-state index in [2.05, 4.69) is 26.7 Å². The van der Waals surface area contributed by atoms with E-state index in [1.807, 2.05) is 12.1 Å². The van der Waals surface area contributed by atoms with Crippen LogP contribution in [0.1, 0.15) is 29.1 Å². The normalized spacial score (nSPS) is 17.3. The molecule has 0 atom stereocenters. The number of aromatic nitrogens is 1. The lowest BCUT2D eigenvalue weighted by atomic mass is 9.95. The highest BCUT2D eigenvalue weighted by Gasteiger charge is 2.44. The first-order valence-electron chi connectivity index (χ1n) is 9.26. The average molecular weight is 426 g/mol. The summed E-state index contributed by atoms with van der Waals surface area (Å²) in [4.78, 5) is 7.84. The van der Waals surface area contributed by atoms with Gasteiger partial charge in [-0.25, -0.2) is 4.98 Å². The third kappa shape index (κ3) is 4.42. The van der Waals surface area contributed by atoms with Gasteiger partial charge in [0, 0.05) is 37.4 Å². The number of benzene rings is 1. The maximum atomic E-state index is 12.6. The molecule has 0 spiro atoms. The fourth-order valence-corrected chi connectivity index (χ4v) is 4.07. The van der Waals surface area contributed by atoms with Crippen LogP contribution in [-0.2, 0) is 18.0 Å². The summed E-state index contributed by atoms with van der Waals surface area (Å²) in [6.07, 6.45) is -1.87. The van der Waals surface area contributed by atoms with Crippen LogP contribution in [0.25, 0.3) is 0 Å². The van der Waals surface area contributed by atoms with Crippen LogP contribution in [0.5, 0.6) is 11.5 Å². The molecule has 29 heavy (non-hydrogen) atoms. The van der Waals surface area contributed by atoms with Gasteiger partial charge in [-0.3, -0.25) is 4.99 Å². The van der Waals surface area contributed by atoms with E-state index < -0.39 is 11.9 Å². The van der Waals surface area contributed by atoms with Crippen molar-refractivity contribution in [1.29, 1.82) is 0 Å². The van der Waals surface area contributed by atoms with Gasteiger partial charge in [0.15, 0.2) is 23.2 Å². The van der Waals surface area contributed by atoms with E-state index in [-0.39, 0.29) is 12.2 Å². The molecular formula is C19H21F3N4O2S. The maximum absolute atomic E-state index is 12.6. The van der Waals surface area contributed by atoms with Gasteiger partial charge >= 0.3 is 6.18 Å². The molecule has 0 radical (unpaired) electrons. The van der Waals surface area contributed by atoms with Gasteiger partial charge in [-0.2, -0.15) is 13.2 Å². The fraction of sp³-hybridized carbons (Fsp3) is 0.474. The standard InChI is InChI=1S/C19H21F3N4O2S/c1-23-17(24-7-4-16-26-15(9-29-16)19(20,21)22)25-10-18(5-6-18)12-2-3-13-14(8-12)28-11-27-13/h2-3,8-9H,4-7,10-11H2,1H3,(H2,23,24,25). The molecule has 1 aliphatic carbocycles. The van der Waals surface area contributed by atoms with Gasteiger partial charge < -0.3 is 20.1 Å². The highest BCUT2D eigenvalue weighted by molar-refractivity contribution is 7.09. The summed E-state index contributed by atoms with van der Waals surface area (Å²) in [5.74, 6) is 2.16. The highest BCUT2D eigenvalue weighted by Crippen LogP contribution is 2.49. The second-order valence-corrected chi connectivity index (χ2v) is 8.02. The van der Waals surface area contributed by atoms with Crippen LogP contribution in [0.2, 0.25) is 0 Å². The first-order valence-corrected chi connectivity index (χ1v) is 10.1. The Hall–Kier alpha value is -2.49. The summed E-state index contributed by atoms with van der Waals surface area (Å²) in [6.45, 7) is 1.41. The van der Waals surface area contributed by atoms with Gasteiger partial charge in [0.05, 0.1) is 5.01 Å². The molecule has 0 bridgehead atoms. The maximum Gasteiger partial charge on any atom is 0.434 e. The van der Waals surface area contributed by atoms with E-state index >= 15 is 0 Å². The van der Waals surface area contributed by atoms with Crippen molar-refractivity contribution in [3.05, 3.63) is 39.8 Å². The topological polar surface area (TPSA) is 67.8 Å². The molecule has 2 aromatic rings. The molecule has 1 aromatic carbocycles. The molecule has 2 N–H and O–H groups in total. The number of ether oxygens (including phenoxy) is 2. The minimum Gasteiger partial charge on any atom is -0.454 e. The Kier molecular flexibility index (Phi) is 5.28. The summed E-state index contributed by atoms with van der Waals surface area (Å²) < 4.78 is 48.7. The lowest BCUT2D eigenvalue weighted by Crippen LogP contribution is -2.41. The number of alkyl halides is 3. The third-order valence-corrected chi connectivity index (χ3v) is 6.04. The van der Waals surface area contributed by atoms with Gasteiger partial charge in [-0.1, -0.05) is 6.07 Å². The lowest BCUT2D eigenvalue weighted by Gasteiger charge is -2.19. The van der Waals surface area contributed by atoms with E-state index in [1.54, 1.807) is 7.05 Å². The number of hydrogen-bond donors (Lipinski definition) is 2. The van der Waals surface area contributed by atoms with Crippen LogP contribution in [-0.4, -0.2) is 37.9 Å². The van der Waals surface area contributed by atoms with Crippen molar-refractivity contribution >= 4 is 17.3 Å². The Labute approximate surface area is 170 Å². The van der Waals surface area contributed by atoms with Crippen LogP contribution in [0.15, 0.2) is 28.6 Å². The molecule has 1 aliphatic heterocycles. The summed E-state index contributed by atoms with van der Waals surface area (Å²) in [5, 5.41) is 7.95. The Morgan fingerprint density at radius 3 is 2.72 bits per heavy atom. The highest BCUT2D eigenvalue weighted by atomic mass is 32.1. The van der Waals surface area contributed by atoms with E-state index in [9.17, 15) is 13.2 Å². The quantitative estimate of drug-likeness (QED) is 0.548. The van der Waals surface area contributed by atoms with Crippen molar-refractivity contribution in [3.8, 4) is 11.5 Å². The predicted octanol–water partition coefficient (Wildman–Crippen LogP) is 3.33. The number of nitrogens with one attached hydrogen (secondary N) is 2. The van der Waals surface area contributed by atoms with Gasteiger partial charge in [0.2, 0.25) is 6.79 Å². The van der Waals surface area contributed by atoms with Gasteiger partial charge in [-0.05, 0) is 30.5 Å². The molecule has 0 unspecified atom stereocenters. The lowest BCUT2D eigenvalue weighted by molar-refractivity contribution is -0.140. The Morgan fingerprint density at radius 2 is 2.03 bits per heavy atom. The van der Waals surface area contributed by atoms with Gasteiger partial charge in [0.1, 0.15) is 0 Å². The molecule has 1 aromatic heterocycles. The second kappa shape index (κ2) is 7.74. The van der Waals surface area contributed by atoms with Crippen molar-refractivity contribution in [2.45, 2.75) is 30.9 Å². The van der Waals surface area contributed by atoms with E-state index in [0.29, 0.717) is 30.5 Å². The SMILES string of the molecule is CN=C(NCCc1nc(C(F)(F)F)cs1)NCC1(c2ccc3c(c2)OCO3)CC1. The first-order chi connectivity index (χ1) is 13.9. The Morgan fingerprint density at radius 1 is 1.24 bits per heavy atom. The Balaban J connectivity index is 1.28. The van der Waals surface area contributed by atoms with Crippen molar-refractivity contribution in [2.75, 3.05) is 26.9 Å². The van der Waals surface area contributed by atoms with Crippen LogP contribution in [0.4, 0.5) is 13.2 Å². The molecule has 1 saturated carbocycles. The van der Waals surface area contributed by atoms with Crippen molar-refractivity contribution < 1.29 is 22.6 Å². The number of aliphatic imine (C=N–C) groups is 1. The smallest absolute Gasteiger partial charge is 0.434 e. The van der Waals surface area contributed by atoms with Crippen molar-refractivity contribution in [3.63, 3.8) is 0 Å². The van der Waals surface area contributed by atoms with Crippen LogP contribution in [0.3, 0.4) is 0 Å². The van der Waals surface area contributed by atoms with Crippen molar-refractivity contribution in [2.24, 2.45) is 4.99 Å². The third-order valence-electron chi connectivity index (χ3n) is 5.13. The molecule has 6 nitrogen and oxygen atoms in total. The van der Waals surface area contributed by atoms with E-state index in [0.717, 1.165) is 41.1 Å². The monoisotopic (exact) mass is 426 g/mol. The molecule has 2 aliphatic rings. The van der Waals surface area contributed by atoms with E-state index in [4.69, 9.17) is 9.47 Å². The summed E-state index contributed by atoms with van der Waals surface area (Å²) in [5.41, 5.74) is 0.404. The van der Waals surface area contributed by atoms with Crippen LogP contribution in [0, 0.1) is 0 Å². The number of rotatable bonds is 6. The second-order valence-electron chi connectivity index (χ2n) is 7.08. The molecule has 0 amide bonds. The molecule has 156 valence electrons. The van der Waals surface area contributed by atoms with Gasteiger partial charge in [0.25, 0.3) is 0 Å². The zero-order valence-corrected chi connectivity index (χ0v) is 16.6. The predicted molar refractivity (Wildman–Crippen MR) is 104 cm³/mol. The summed E-state index contributed by atoms with van der Waals surface area (Å²) in [7, 11) is 1.67. The number of thiazole rings is 1. The molecule has 1 fully saturated rings. The molecule has 0 saturated heterocycles. The molecular weight excluding hydrogens is 405 g/mol. The van der Waals surface area contributed by atoms with Crippen LogP contribution >= 0.6 is 11.3 Å². The number of fused-ring (bicyclic) bond motifs is 1. The molecule has 4 rings (SSSR count). The fourth-order valence-electron chi connectivity index (χ4n) is 3.26. The zero-order valence-electron chi connectivity index (χ0n) is 15.8. The largest absolute Gasteiger partial charge is 0.454 e. The van der Waals surface area contributed by atoms with Crippen LogP contribution < -0.4 is 20.1 Å². The van der Waals surface area contributed by atoms with E-state index in [1.165, 1.54) is 5.56 Å². The molecule has 10 heteroatoms. The summed E-state index contributed by atoms with van der Waals surface area (Å²) in [6, 6.07) is 6.04. The minimum atomic E-state index is -4.40. The first kappa shape index (κ1) is 19.8. The summed E-state index contributed by atoms with van der Waals surface area (Å²) >= 11 is 1.02. The molecule has 2 heterocycles. The van der Waals surface area contributed by atoms with Crippen molar-refractivity contribution in [1.82, 2.24) is 15.6 Å².